The minimum Gasteiger partial charge on any atom is -0.471 e. The number of pyridine rings is 1. The van der Waals surface area contributed by atoms with Crippen LogP contribution in [0.3, 0.4) is 0 Å². The van der Waals surface area contributed by atoms with Crippen molar-refractivity contribution in [2.75, 3.05) is 18.0 Å². The summed E-state index contributed by atoms with van der Waals surface area (Å²) in [5.74, 6) is 2.02. The molecule has 1 fully saturated rings. The van der Waals surface area contributed by atoms with Crippen LogP contribution in [0.4, 0.5) is 5.69 Å². The van der Waals surface area contributed by atoms with Crippen molar-refractivity contribution in [1.82, 2.24) is 4.98 Å². The number of para-hydroxylation sites is 1. The van der Waals surface area contributed by atoms with Crippen LogP contribution in [0.2, 0.25) is 5.02 Å². The van der Waals surface area contributed by atoms with Crippen molar-refractivity contribution >= 4 is 17.3 Å². The van der Waals surface area contributed by atoms with Crippen molar-refractivity contribution < 1.29 is 14.6 Å². The molecule has 150 valence electrons. The summed E-state index contributed by atoms with van der Waals surface area (Å²) in [6.07, 6.45) is 2.50. The number of aliphatic hydroxyl groups is 1. The average Bonchev–Trinajstić information content (AvgIpc) is 3.20. The smallest absolute Gasteiger partial charge is 0.232 e. The van der Waals surface area contributed by atoms with Gasteiger partial charge in [0.15, 0.2) is 0 Å². The molecule has 0 saturated carbocycles. The van der Waals surface area contributed by atoms with E-state index >= 15 is 0 Å². The molecule has 29 heavy (non-hydrogen) atoms. The number of rotatable bonds is 6. The summed E-state index contributed by atoms with van der Waals surface area (Å²) in [5.41, 5.74) is 2.89. The molecule has 1 saturated heterocycles. The standard InChI is InChI=1S/C23H23ClN2O3/c1-16-5-2-3-7-22(16)28-18-9-8-17(15-27)21(13-18)26-12-10-19(14-26)29-23-20(24)6-4-11-25-23/h2-9,11,13,19,27H,10,12,14-15H2,1H3. The highest BCUT2D eigenvalue weighted by atomic mass is 35.5. The summed E-state index contributed by atoms with van der Waals surface area (Å²) in [5, 5.41) is 10.3. The highest BCUT2D eigenvalue weighted by molar-refractivity contribution is 6.31. The molecule has 0 radical (unpaired) electrons. The van der Waals surface area contributed by atoms with Gasteiger partial charge < -0.3 is 19.5 Å². The number of hydrogen-bond acceptors (Lipinski definition) is 5. The Morgan fingerprint density at radius 2 is 2.03 bits per heavy atom. The molecule has 1 atom stereocenters. The maximum Gasteiger partial charge on any atom is 0.232 e. The topological polar surface area (TPSA) is 54.8 Å². The van der Waals surface area contributed by atoms with E-state index in [1.165, 1.54) is 0 Å². The van der Waals surface area contributed by atoms with Gasteiger partial charge in [-0.1, -0.05) is 35.9 Å². The molecule has 0 spiro atoms. The zero-order chi connectivity index (χ0) is 20.2. The van der Waals surface area contributed by atoms with Gasteiger partial charge in [0.2, 0.25) is 5.88 Å². The van der Waals surface area contributed by atoms with Gasteiger partial charge in [0.25, 0.3) is 0 Å². The first-order valence-electron chi connectivity index (χ1n) is 9.63. The third-order valence-corrected chi connectivity index (χ3v) is 5.32. The maximum absolute atomic E-state index is 9.81. The molecule has 2 aromatic carbocycles. The van der Waals surface area contributed by atoms with Crippen molar-refractivity contribution in [2.24, 2.45) is 0 Å². The van der Waals surface area contributed by atoms with Crippen LogP contribution in [0.1, 0.15) is 17.5 Å². The third-order valence-electron chi connectivity index (χ3n) is 5.04. The second kappa shape index (κ2) is 8.72. The normalized spacial score (nSPS) is 16.1. The van der Waals surface area contributed by atoms with Crippen LogP contribution in [0.25, 0.3) is 0 Å². The predicted molar refractivity (Wildman–Crippen MR) is 114 cm³/mol. The maximum atomic E-state index is 9.81. The Kier molecular flexibility index (Phi) is 5.88. The van der Waals surface area contributed by atoms with Crippen molar-refractivity contribution in [1.29, 1.82) is 0 Å². The van der Waals surface area contributed by atoms with Gasteiger partial charge in [0.1, 0.15) is 22.6 Å². The first-order valence-corrected chi connectivity index (χ1v) is 10.0. The minimum atomic E-state index is -0.0337. The summed E-state index contributed by atoms with van der Waals surface area (Å²) in [6, 6.07) is 17.2. The van der Waals surface area contributed by atoms with E-state index in [2.05, 4.69) is 9.88 Å². The minimum absolute atomic E-state index is 0.0186. The number of benzene rings is 2. The lowest BCUT2D eigenvalue weighted by Gasteiger charge is -2.22. The molecule has 0 amide bonds. The van der Waals surface area contributed by atoms with Crippen LogP contribution < -0.4 is 14.4 Å². The lowest BCUT2D eigenvalue weighted by molar-refractivity contribution is 0.216. The Morgan fingerprint density at radius 3 is 2.83 bits per heavy atom. The van der Waals surface area contributed by atoms with Gasteiger partial charge in [-0.25, -0.2) is 4.98 Å². The van der Waals surface area contributed by atoms with Gasteiger partial charge in [-0.05, 0) is 36.8 Å². The van der Waals surface area contributed by atoms with E-state index in [1.807, 2.05) is 49.4 Å². The van der Waals surface area contributed by atoms with E-state index in [9.17, 15) is 5.11 Å². The Balaban J connectivity index is 1.51. The zero-order valence-corrected chi connectivity index (χ0v) is 17.0. The highest BCUT2D eigenvalue weighted by Crippen LogP contribution is 2.33. The van der Waals surface area contributed by atoms with Crippen LogP contribution in [0.15, 0.2) is 60.8 Å². The van der Waals surface area contributed by atoms with E-state index < -0.39 is 0 Å². The lowest BCUT2D eigenvalue weighted by Crippen LogP contribution is -2.25. The molecule has 3 aromatic rings. The Morgan fingerprint density at radius 1 is 1.17 bits per heavy atom. The average molecular weight is 411 g/mol. The quantitative estimate of drug-likeness (QED) is 0.620. The van der Waals surface area contributed by atoms with E-state index in [-0.39, 0.29) is 12.7 Å². The molecule has 5 nitrogen and oxygen atoms in total. The SMILES string of the molecule is Cc1ccccc1Oc1ccc(CO)c(N2CCC(Oc3ncccc3Cl)C2)c1. The molecular weight excluding hydrogens is 388 g/mol. The zero-order valence-electron chi connectivity index (χ0n) is 16.2. The molecule has 1 aliphatic rings. The largest absolute Gasteiger partial charge is 0.471 e. The summed E-state index contributed by atoms with van der Waals surface area (Å²) in [6.45, 7) is 3.49. The Hall–Kier alpha value is -2.76. The van der Waals surface area contributed by atoms with Crippen LogP contribution in [-0.2, 0) is 6.61 Å². The van der Waals surface area contributed by atoms with Crippen LogP contribution in [0, 0.1) is 6.92 Å². The van der Waals surface area contributed by atoms with Crippen LogP contribution in [-0.4, -0.2) is 29.3 Å². The van der Waals surface area contributed by atoms with Crippen molar-refractivity contribution in [3.63, 3.8) is 0 Å². The van der Waals surface area contributed by atoms with E-state index in [0.29, 0.717) is 17.4 Å². The fourth-order valence-electron chi connectivity index (χ4n) is 3.49. The van der Waals surface area contributed by atoms with Crippen molar-refractivity contribution in [2.45, 2.75) is 26.1 Å². The fraction of sp³-hybridized carbons (Fsp3) is 0.261. The Labute approximate surface area is 175 Å². The first-order chi connectivity index (χ1) is 14.1. The number of halogens is 1. The Bertz CT molecular complexity index is 995. The molecule has 1 aromatic heterocycles. The highest BCUT2D eigenvalue weighted by Gasteiger charge is 2.27. The third kappa shape index (κ3) is 4.47. The molecule has 0 aliphatic carbocycles. The van der Waals surface area contributed by atoms with Gasteiger partial charge in [0.05, 0.1) is 13.2 Å². The van der Waals surface area contributed by atoms with E-state index in [0.717, 1.165) is 41.3 Å². The van der Waals surface area contributed by atoms with Gasteiger partial charge in [-0.3, -0.25) is 0 Å². The molecule has 6 heteroatoms. The van der Waals surface area contributed by atoms with Gasteiger partial charge in [-0.2, -0.15) is 0 Å². The van der Waals surface area contributed by atoms with Crippen molar-refractivity contribution in [3.05, 3.63) is 76.9 Å². The number of nitrogens with zero attached hydrogens (tertiary/aromatic N) is 2. The number of anilines is 1. The van der Waals surface area contributed by atoms with E-state index in [1.54, 1.807) is 18.3 Å². The predicted octanol–water partition coefficient (Wildman–Crippen LogP) is 4.99. The summed E-state index contributed by atoms with van der Waals surface area (Å²) >= 11 is 6.16. The molecular formula is C23H23ClN2O3. The number of aryl methyl sites for hydroxylation is 1. The van der Waals surface area contributed by atoms with Crippen molar-refractivity contribution in [3.8, 4) is 17.4 Å². The second-order valence-corrected chi connectivity index (χ2v) is 7.49. The van der Waals surface area contributed by atoms with Gasteiger partial charge in [-0.15, -0.1) is 0 Å². The number of hydrogen-bond donors (Lipinski definition) is 1. The number of aliphatic hydroxyl groups excluding tert-OH is 1. The summed E-state index contributed by atoms with van der Waals surface area (Å²) < 4.78 is 12.1. The second-order valence-electron chi connectivity index (χ2n) is 7.08. The molecule has 1 N–H and O–H groups in total. The van der Waals surface area contributed by atoms with Crippen LogP contribution >= 0.6 is 11.6 Å². The van der Waals surface area contributed by atoms with Crippen LogP contribution in [0.5, 0.6) is 17.4 Å². The monoisotopic (exact) mass is 410 g/mol. The fourth-order valence-corrected chi connectivity index (χ4v) is 3.66. The summed E-state index contributed by atoms with van der Waals surface area (Å²) in [4.78, 5) is 6.42. The number of ether oxygens (including phenoxy) is 2. The molecule has 0 bridgehead atoms. The number of aromatic nitrogens is 1. The van der Waals surface area contributed by atoms with Gasteiger partial charge >= 0.3 is 0 Å². The molecule has 1 unspecified atom stereocenters. The van der Waals surface area contributed by atoms with E-state index in [4.69, 9.17) is 21.1 Å². The first kappa shape index (κ1) is 19.6. The lowest BCUT2D eigenvalue weighted by atomic mass is 10.1. The molecule has 2 heterocycles. The summed E-state index contributed by atoms with van der Waals surface area (Å²) in [7, 11) is 0. The van der Waals surface area contributed by atoms with Gasteiger partial charge in [0, 0.05) is 36.5 Å². The molecule has 1 aliphatic heterocycles. The molecule has 4 rings (SSSR count).